The van der Waals surface area contributed by atoms with Crippen LogP contribution in [0.2, 0.25) is 0 Å². The van der Waals surface area contributed by atoms with Gasteiger partial charge in [0.1, 0.15) is 0 Å². The molecule has 2 rings (SSSR count). The standard InChI is InChI=1S/C15H28N2O.ClH/c1-3-14-6-4-12(2)17(14)15(18)7-5-13-8-10-16-11-9-13;/h12-14,16H,3-11H2,1-2H3;1H. The summed E-state index contributed by atoms with van der Waals surface area (Å²) in [7, 11) is 0. The van der Waals surface area contributed by atoms with E-state index in [1.807, 2.05) is 0 Å². The lowest BCUT2D eigenvalue weighted by atomic mass is 9.93. The van der Waals surface area contributed by atoms with E-state index in [2.05, 4.69) is 24.1 Å². The molecule has 2 unspecified atom stereocenters. The summed E-state index contributed by atoms with van der Waals surface area (Å²) < 4.78 is 0. The number of piperidine rings is 1. The summed E-state index contributed by atoms with van der Waals surface area (Å²) in [6.07, 6.45) is 7.88. The summed E-state index contributed by atoms with van der Waals surface area (Å²) >= 11 is 0. The minimum absolute atomic E-state index is 0. The number of carbonyl (C=O) groups is 1. The minimum Gasteiger partial charge on any atom is -0.337 e. The summed E-state index contributed by atoms with van der Waals surface area (Å²) in [5.74, 6) is 1.18. The second-order valence-corrected chi connectivity index (χ2v) is 6.02. The third-order valence-electron chi connectivity index (χ3n) is 4.77. The molecule has 2 heterocycles. The number of likely N-dealkylation sites (tertiary alicyclic amines) is 1. The molecular weight excluding hydrogens is 260 g/mol. The van der Waals surface area contributed by atoms with E-state index in [4.69, 9.17) is 0 Å². The van der Waals surface area contributed by atoms with Gasteiger partial charge in [-0.05, 0) is 64.5 Å². The van der Waals surface area contributed by atoms with E-state index >= 15 is 0 Å². The topological polar surface area (TPSA) is 32.3 Å². The Morgan fingerprint density at radius 2 is 1.89 bits per heavy atom. The van der Waals surface area contributed by atoms with Crippen LogP contribution in [-0.2, 0) is 4.79 Å². The number of amides is 1. The van der Waals surface area contributed by atoms with Crippen molar-refractivity contribution in [2.24, 2.45) is 5.92 Å². The average molecular weight is 289 g/mol. The first-order valence-corrected chi connectivity index (χ1v) is 7.74. The van der Waals surface area contributed by atoms with Crippen LogP contribution in [0.1, 0.15) is 58.8 Å². The number of nitrogens with zero attached hydrogens (tertiary/aromatic N) is 1. The molecule has 1 amide bonds. The van der Waals surface area contributed by atoms with Crippen LogP contribution < -0.4 is 5.32 Å². The van der Waals surface area contributed by atoms with Gasteiger partial charge in [-0.2, -0.15) is 0 Å². The summed E-state index contributed by atoms with van der Waals surface area (Å²) in [6, 6.07) is 0.982. The molecule has 0 aromatic heterocycles. The van der Waals surface area contributed by atoms with Gasteiger partial charge in [0.25, 0.3) is 0 Å². The number of nitrogens with one attached hydrogen (secondary N) is 1. The molecule has 2 saturated heterocycles. The van der Waals surface area contributed by atoms with Crippen molar-refractivity contribution in [1.29, 1.82) is 0 Å². The van der Waals surface area contributed by atoms with E-state index in [1.165, 1.54) is 25.7 Å². The van der Waals surface area contributed by atoms with Crippen molar-refractivity contribution in [3.63, 3.8) is 0 Å². The van der Waals surface area contributed by atoms with Crippen LogP contribution in [-0.4, -0.2) is 36.0 Å². The van der Waals surface area contributed by atoms with Crippen molar-refractivity contribution < 1.29 is 4.79 Å². The van der Waals surface area contributed by atoms with Crippen molar-refractivity contribution in [1.82, 2.24) is 10.2 Å². The van der Waals surface area contributed by atoms with Gasteiger partial charge in [0.05, 0.1) is 0 Å². The SMILES string of the molecule is CCC1CCC(C)N1C(=O)CCC1CCNCC1.Cl. The lowest BCUT2D eigenvalue weighted by Crippen LogP contribution is -2.40. The lowest BCUT2D eigenvalue weighted by molar-refractivity contribution is -0.134. The first-order valence-electron chi connectivity index (χ1n) is 7.74. The maximum Gasteiger partial charge on any atom is 0.223 e. The number of halogens is 1. The van der Waals surface area contributed by atoms with E-state index in [9.17, 15) is 4.79 Å². The van der Waals surface area contributed by atoms with Crippen LogP contribution in [0.25, 0.3) is 0 Å². The van der Waals surface area contributed by atoms with Crippen LogP contribution in [0.5, 0.6) is 0 Å². The summed E-state index contributed by atoms with van der Waals surface area (Å²) in [6.45, 7) is 6.68. The Morgan fingerprint density at radius 1 is 1.21 bits per heavy atom. The number of hydrogen-bond acceptors (Lipinski definition) is 2. The third-order valence-corrected chi connectivity index (χ3v) is 4.77. The van der Waals surface area contributed by atoms with Crippen molar-refractivity contribution in [2.45, 2.75) is 70.9 Å². The fraction of sp³-hybridized carbons (Fsp3) is 0.933. The van der Waals surface area contributed by atoms with E-state index in [-0.39, 0.29) is 12.4 Å². The van der Waals surface area contributed by atoms with Gasteiger partial charge in [0.2, 0.25) is 5.91 Å². The van der Waals surface area contributed by atoms with Crippen LogP contribution in [0, 0.1) is 5.92 Å². The maximum atomic E-state index is 12.4. The Labute approximate surface area is 123 Å². The van der Waals surface area contributed by atoms with Gasteiger partial charge in [-0.25, -0.2) is 0 Å². The summed E-state index contributed by atoms with van der Waals surface area (Å²) in [5, 5.41) is 3.39. The molecule has 4 heteroatoms. The van der Waals surface area contributed by atoms with Crippen molar-refractivity contribution >= 4 is 18.3 Å². The molecule has 0 aromatic rings. The lowest BCUT2D eigenvalue weighted by Gasteiger charge is -2.29. The molecule has 19 heavy (non-hydrogen) atoms. The highest BCUT2D eigenvalue weighted by Gasteiger charge is 2.32. The molecule has 1 N–H and O–H groups in total. The number of hydrogen-bond donors (Lipinski definition) is 1. The second kappa shape index (κ2) is 8.11. The molecule has 0 spiro atoms. The van der Waals surface area contributed by atoms with Crippen LogP contribution >= 0.6 is 12.4 Å². The highest BCUT2D eigenvalue weighted by molar-refractivity contribution is 5.85. The van der Waals surface area contributed by atoms with Crippen molar-refractivity contribution in [3.05, 3.63) is 0 Å². The second-order valence-electron chi connectivity index (χ2n) is 6.02. The van der Waals surface area contributed by atoms with Crippen molar-refractivity contribution in [2.75, 3.05) is 13.1 Å². The smallest absolute Gasteiger partial charge is 0.223 e. The minimum atomic E-state index is 0. The van der Waals surface area contributed by atoms with E-state index < -0.39 is 0 Å². The summed E-state index contributed by atoms with van der Waals surface area (Å²) in [4.78, 5) is 14.6. The quantitative estimate of drug-likeness (QED) is 0.862. The molecule has 0 bridgehead atoms. The van der Waals surface area contributed by atoms with E-state index in [0.717, 1.165) is 38.3 Å². The van der Waals surface area contributed by atoms with Crippen molar-refractivity contribution in [3.8, 4) is 0 Å². The van der Waals surface area contributed by atoms with Gasteiger partial charge < -0.3 is 10.2 Å². The highest BCUT2D eigenvalue weighted by atomic mass is 35.5. The molecule has 0 saturated carbocycles. The van der Waals surface area contributed by atoms with E-state index in [0.29, 0.717) is 18.0 Å². The molecule has 0 radical (unpaired) electrons. The molecule has 0 aromatic carbocycles. The molecule has 112 valence electrons. The Balaban J connectivity index is 0.00000180. The monoisotopic (exact) mass is 288 g/mol. The Morgan fingerprint density at radius 3 is 2.53 bits per heavy atom. The fourth-order valence-electron chi connectivity index (χ4n) is 3.55. The molecule has 2 aliphatic heterocycles. The van der Waals surface area contributed by atoms with Gasteiger partial charge >= 0.3 is 0 Å². The fourth-order valence-corrected chi connectivity index (χ4v) is 3.55. The van der Waals surface area contributed by atoms with Crippen LogP contribution in [0.15, 0.2) is 0 Å². The Hall–Kier alpha value is -0.280. The highest BCUT2D eigenvalue weighted by Crippen LogP contribution is 2.28. The molecule has 2 fully saturated rings. The van der Waals surface area contributed by atoms with Crippen LogP contribution in [0.4, 0.5) is 0 Å². The average Bonchev–Trinajstić information content (AvgIpc) is 2.78. The van der Waals surface area contributed by atoms with Gasteiger partial charge in [-0.3, -0.25) is 4.79 Å². The zero-order valence-electron chi connectivity index (χ0n) is 12.4. The van der Waals surface area contributed by atoms with Gasteiger partial charge in [-0.1, -0.05) is 6.92 Å². The zero-order valence-corrected chi connectivity index (χ0v) is 13.2. The molecule has 3 nitrogen and oxygen atoms in total. The predicted octanol–water partition coefficient (Wildman–Crippen LogP) is 2.98. The molecule has 0 aliphatic carbocycles. The maximum absolute atomic E-state index is 12.4. The largest absolute Gasteiger partial charge is 0.337 e. The van der Waals surface area contributed by atoms with Crippen LogP contribution in [0.3, 0.4) is 0 Å². The normalized spacial score (nSPS) is 28.2. The zero-order chi connectivity index (χ0) is 13.0. The van der Waals surface area contributed by atoms with Gasteiger partial charge in [-0.15, -0.1) is 12.4 Å². The van der Waals surface area contributed by atoms with Gasteiger partial charge in [0.15, 0.2) is 0 Å². The Bertz CT molecular complexity index is 279. The molecule has 2 atom stereocenters. The number of carbonyl (C=O) groups excluding carboxylic acids is 1. The molecule has 2 aliphatic rings. The number of rotatable bonds is 4. The first kappa shape index (κ1) is 16.8. The predicted molar refractivity (Wildman–Crippen MR) is 81.7 cm³/mol. The molecular formula is C15H29ClN2O. The summed E-state index contributed by atoms with van der Waals surface area (Å²) in [5.41, 5.74) is 0. The first-order chi connectivity index (χ1) is 8.72. The van der Waals surface area contributed by atoms with Gasteiger partial charge in [0, 0.05) is 18.5 Å². The third kappa shape index (κ3) is 4.35. The Kier molecular flexibility index (Phi) is 7.16. The van der Waals surface area contributed by atoms with E-state index in [1.54, 1.807) is 0 Å².